The molecule has 0 saturated carbocycles. The molecule has 6 heteroatoms. The number of para-hydroxylation sites is 6. The first-order chi connectivity index (χ1) is 45.0. The van der Waals surface area contributed by atoms with E-state index in [0.29, 0.717) is 0 Å². The van der Waals surface area contributed by atoms with E-state index in [1.807, 2.05) is 0 Å². The molecule has 0 bridgehead atoms. The molecule has 0 aliphatic heterocycles. The highest BCUT2D eigenvalue weighted by Crippen LogP contribution is 2.56. The molecular formula is C86H62N4O2. The Morgan fingerprint density at radius 2 is 0.609 bits per heavy atom. The van der Waals surface area contributed by atoms with Crippen molar-refractivity contribution in [2.75, 3.05) is 9.80 Å². The fourth-order valence-electron chi connectivity index (χ4n) is 16.0. The third kappa shape index (κ3) is 7.32. The molecule has 6 aromatic heterocycles. The molecule has 0 N–H and O–H groups in total. The minimum absolute atomic E-state index is 0.200. The second-order valence-corrected chi connectivity index (χ2v) is 27.1. The van der Waals surface area contributed by atoms with Crippen LogP contribution >= 0.6 is 0 Å². The Morgan fingerprint density at radius 3 is 1.04 bits per heavy atom. The van der Waals surface area contributed by atoms with Gasteiger partial charge in [0.05, 0.1) is 78.0 Å². The summed E-state index contributed by atoms with van der Waals surface area (Å²) in [4.78, 5) is 5.06. The largest absolute Gasteiger partial charge is 0.456 e. The van der Waals surface area contributed by atoms with Crippen LogP contribution in [0.1, 0.15) is 52.7 Å². The minimum Gasteiger partial charge on any atom is -0.456 e. The Balaban J connectivity index is 0.947. The highest BCUT2D eigenvalue weighted by Gasteiger charge is 2.34. The average molecular weight is 1180 g/mol. The van der Waals surface area contributed by atoms with Gasteiger partial charge in [0, 0.05) is 65.0 Å². The SMILES string of the molecule is CC(C)(C)c1cccc2c3c(N(c4ccccc4-c4ccccc4)c4cccc5oc6ccccc6c45)ccc4c5cc6c(cc5n(c12)c43)c1ccc(N(c2ccccc2-c2ccccc2)c2cccc3oc4ccccc4c23)c2c3cccc(C(C)(C)C)c3n6c12. The van der Waals surface area contributed by atoms with E-state index in [9.17, 15) is 0 Å². The van der Waals surface area contributed by atoms with Crippen molar-refractivity contribution < 1.29 is 8.83 Å². The molecule has 0 aliphatic rings. The Labute approximate surface area is 531 Å². The number of furan rings is 2. The van der Waals surface area contributed by atoms with Crippen molar-refractivity contribution in [1.82, 2.24) is 8.80 Å². The van der Waals surface area contributed by atoms with Crippen LogP contribution in [0.3, 0.4) is 0 Å². The molecular weight excluding hydrogens is 1120 g/mol. The zero-order chi connectivity index (χ0) is 61.5. The van der Waals surface area contributed by atoms with E-state index < -0.39 is 0 Å². The number of fused-ring (bicyclic) bond motifs is 18. The molecule has 19 rings (SSSR count). The standard InChI is InChI=1S/C86H62N4O2/c1-85(2,3)63-35-21-33-59-79-69(87(65-37-17-13-29-53(65)51-25-9-7-10-26-51)67-39-23-43-75-77(67)57-31-15-19-41-73(57)91-75)47-45-55-61-50-72-62(49-71(61)89(81(59)63)83(55)79)56-46-48-70(80-60-34-22-36-64(86(4,5)6)82(60)90(72)84(56)80)88(66-38-18-14-30-54(66)52-27-11-8-12-28-52)68-40-24-44-76-78(68)58-32-16-20-42-74(58)92-76/h7-50H,1-6H3. The molecule has 0 radical (unpaired) electrons. The molecule has 92 heavy (non-hydrogen) atoms. The summed E-state index contributed by atoms with van der Waals surface area (Å²) in [6.07, 6.45) is 0. The third-order valence-corrected chi connectivity index (χ3v) is 19.8. The maximum absolute atomic E-state index is 6.71. The van der Waals surface area contributed by atoms with E-state index in [0.717, 1.165) is 100 Å². The van der Waals surface area contributed by atoms with Crippen molar-refractivity contribution in [3.8, 4) is 22.3 Å². The first-order valence-electron chi connectivity index (χ1n) is 32.1. The molecule has 0 unspecified atom stereocenters. The van der Waals surface area contributed by atoms with Gasteiger partial charge in [0.15, 0.2) is 0 Å². The van der Waals surface area contributed by atoms with E-state index in [2.05, 4.69) is 327 Å². The molecule has 0 spiro atoms. The summed E-state index contributed by atoms with van der Waals surface area (Å²) < 4.78 is 18.7. The quantitative estimate of drug-likeness (QED) is 0.152. The summed E-state index contributed by atoms with van der Waals surface area (Å²) in [6, 6.07) is 98.2. The predicted octanol–water partition coefficient (Wildman–Crippen LogP) is 24.7. The zero-order valence-corrected chi connectivity index (χ0v) is 52.0. The van der Waals surface area contributed by atoms with Crippen LogP contribution in [0, 0.1) is 0 Å². The van der Waals surface area contributed by atoms with Crippen LogP contribution < -0.4 is 9.80 Å². The van der Waals surface area contributed by atoms with Gasteiger partial charge in [0.25, 0.3) is 0 Å². The second kappa shape index (κ2) is 19.1. The highest BCUT2D eigenvalue weighted by atomic mass is 16.3. The normalized spacial score (nSPS) is 12.7. The number of hydrogen-bond donors (Lipinski definition) is 0. The summed E-state index contributed by atoms with van der Waals surface area (Å²) in [5, 5.41) is 14.0. The lowest BCUT2D eigenvalue weighted by Gasteiger charge is -2.29. The van der Waals surface area contributed by atoms with E-state index in [1.165, 1.54) is 87.3 Å². The first kappa shape index (κ1) is 52.6. The molecule has 0 amide bonds. The number of hydrogen-bond acceptors (Lipinski definition) is 4. The maximum atomic E-state index is 6.71. The van der Waals surface area contributed by atoms with Crippen molar-refractivity contribution in [3.05, 3.63) is 278 Å². The van der Waals surface area contributed by atoms with Crippen LogP contribution in [-0.2, 0) is 10.8 Å². The van der Waals surface area contributed by atoms with Crippen LogP contribution in [0.15, 0.2) is 276 Å². The lowest BCUT2D eigenvalue weighted by molar-refractivity contribution is 0.594. The molecule has 19 aromatic rings. The molecule has 6 nitrogen and oxygen atoms in total. The molecule has 0 fully saturated rings. The molecule has 13 aromatic carbocycles. The molecule has 0 aliphatic carbocycles. The summed E-state index contributed by atoms with van der Waals surface area (Å²) in [5.41, 5.74) is 23.9. The highest BCUT2D eigenvalue weighted by molar-refractivity contribution is 6.33. The maximum Gasteiger partial charge on any atom is 0.137 e. The molecule has 0 saturated heterocycles. The van der Waals surface area contributed by atoms with Gasteiger partial charge >= 0.3 is 0 Å². The van der Waals surface area contributed by atoms with E-state index >= 15 is 0 Å². The lowest BCUT2D eigenvalue weighted by Crippen LogP contribution is -2.12. The van der Waals surface area contributed by atoms with Gasteiger partial charge in [-0.1, -0.05) is 236 Å². The number of nitrogens with zero attached hydrogens (tertiary/aromatic N) is 4. The Hall–Kier alpha value is -11.3. The summed E-state index contributed by atoms with van der Waals surface area (Å²) in [6.45, 7) is 14.2. The fraction of sp³-hybridized carbons (Fsp3) is 0.0930. The van der Waals surface area contributed by atoms with Crippen LogP contribution in [0.25, 0.3) is 142 Å². The average Bonchev–Trinajstić information content (AvgIpc) is 1.51. The Morgan fingerprint density at radius 1 is 0.261 bits per heavy atom. The Bertz CT molecular complexity index is 5840. The summed E-state index contributed by atoms with van der Waals surface area (Å²) in [7, 11) is 0. The smallest absolute Gasteiger partial charge is 0.137 e. The number of anilines is 6. The van der Waals surface area contributed by atoms with Gasteiger partial charge in [-0.15, -0.1) is 0 Å². The number of benzene rings is 13. The van der Waals surface area contributed by atoms with Gasteiger partial charge < -0.3 is 27.4 Å². The molecule has 438 valence electrons. The van der Waals surface area contributed by atoms with Gasteiger partial charge in [-0.05, 0) is 106 Å². The number of aromatic nitrogens is 2. The van der Waals surface area contributed by atoms with Crippen molar-refractivity contribution >= 4 is 154 Å². The molecule has 6 heterocycles. The van der Waals surface area contributed by atoms with E-state index in [4.69, 9.17) is 8.83 Å². The second-order valence-electron chi connectivity index (χ2n) is 27.1. The van der Waals surface area contributed by atoms with E-state index in [1.54, 1.807) is 0 Å². The van der Waals surface area contributed by atoms with Crippen LogP contribution in [0.2, 0.25) is 0 Å². The third-order valence-electron chi connectivity index (χ3n) is 19.8. The van der Waals surface area contributed by atoms with Crippen molar-refractivity contribution in [2.24, 2.45) is 0 Å². The van der Waals surface area contributed by atoms with E-state index in [-0.39, 0.29) is 10.8 Å². The van der Waals surface area contributed by atoms with Crippen LogP contribution in [-0.4, -0.2) is 8.80 Å². The van der Waals surface area contributed by atoms with Gasteiger partial charge in [0.1, 0.15) is 22.3 Å². The van der Waals surface area contributed by atoms with Crippen LogP contribution in [0.5, 0.6) is 0 Å². The number of rotatable bonds is 8. The van der Waals surface area contributed by atoms with Gasteiger partial charge in [-0.3, -0.25) is 0 Å². The van der Waals surface area contributed by atoms with Gasteiger partial charge in [0.2, 0.25) is 0 Å². The van der Waals surface area contributed by atoms with Crippen LogP contribution in [0.4, 0.5) is 34.1 Å². The van der Waals surface area contributed by atoms with Crippen molar-refractivity contribution in [3.63, 3.8) is 0 Å². The summed E-state index contributed by atoms with van der Waals surface area (Å²) >= 11 is 0. The monoisotopic (exact) mass is 1180 g/mol. The molecule has 0 atom stereocenters. The van der Waals surface area contributed by atoms with Gasteiger partial charge in [-0.2, -0.15) is 0 Å². The Kier molecular flexibility index (Phi) is 10.9. The predicted molar refractivity (Wildman–Crippen MR) is 388 cm³/mol. The van der Waals surface area contributed by atoms with Crippen molar-refractivity contribution in [2.45, 2.75) is 52.4 Å². The first-order valence-corrected chi connectivity index (χ1v) is 32.1. The summed E-state index contributed by atoms with van der Waals surface area (Å²) in [5.74, 6) is 0. The lowest BCUT2D eigenvalue weighted by atomic mass is 9.85. The minimum atomic E-state index is -0.200. The van der Waals surface area contributed by atoms with Crippen molar-refractivity contribution in [1.29, 1.82) is 0 Å². The topological polar surface area (TPSA) is 41.6 Å². The fourth-order valence-corrected chi connectivity index (χ4v) is 16.0. The van der Waals surface area contributed by atoms with Gasteiger partial charge in [-0.25, -0.2) is 0 Å². The zero-order valence-electron chi connectivity index (χ0n) is 52.0.